The van der Waals surface area contributed by atoms with Crippen molar-refractivity contribution < 1.29 is 13.7 Å². The molecule has 0 bridgehead atoms. The normalized spacial score (nSPS) is 13.6. The number of benzene rings is 1. The van der Waals surface area contributed by atoms with E-state index in [2.05, 4.69) is 5.32 Å². The molecule has 0 aliphatic carbocycles. The van der Waals surface area contributed by atoms with Crippen LogP contribution in [0.15, 0.2) is 24.3 Å². The molecule has 3 N–H and O–H groups in total. The summed E-state index contributed by atoms with van der Waals surface area (Å²) in [6.07, 6.45) is 0.647. The van der Waals surface area contributed by atoms with Crippen molar-refractivity contribution in [2.24, 2.45) is 5.73 Å². The van der Waals surface area contributed by atoms with Crippen LogP contribution in [-0.4, -0.2) is 34.8 Å². The number of nitrogens with two attached hydrogens (primary N) is 1. The molecule has 1 aromatic rings. The predicted octanol–water partition coefficient (Wildman–Crippen LogP) is 1.12. The van der Waals surface area contributed by atoms with Crippen molar-refractivity contribution in [1.29, 1.82) is 0 Å². The van der Waals surface area contributed by atoms with Gasteiger partial charge in [-0.25, -0.2) is 0 Å². The van der Waals surface area contributed by atoms with Gasteiger partial charge in [0.05, 0.1) is 12.8 Å². The molecule has 0 aliphatic heterocycles. The molecule has 2 unspecified atom stereocenters. The number of hydrogen-bond acceptors (Lipinski definition) is 4. The number of rotatable bonds is 7. The molecule has 19 heavy (non-hydrogen) atoms. The third kappa shape index (κ3) is 5.85. The number of methoxy groups -OCH3 is 1. The molecule has 0 spiro atoms. The molecule has 0 aromatic heterocycles. The third-order valence-corrected chi connectivity index (χ3v) is 3.75. The topological polar surface area (TPSA) is 81.4 Å². The van der Waals surface area contributed by atoms with E-state index in [1.807, 2.05) is 13.0 Å². The molecule has 0 heterocycles. The van der Waals surface area contributed by atoms with Gasteiger partial charge in [0.2, 0.25) is 5.91 Å². The number of ether oxygens (including phenoxy) is 1. The van der Waals surface area contributed by atoms with Crippen LogP contribution in [-0.2, 0) is 15.6 Å². The largest absolute Gasteiger partial charge is 0.495 e. The number of carbonyl (C=O) groups excluding carboxylic acids is 1. The highest BCUT2D eigenvalue weighted by Crippen LogP contribution is 2.22. The van der Waals surface area contributed by atoms with E-state index < -0.39 is 10.8 Å². The summed E-state index contributed by atoms with van der Waals surface area (Å²) < 4.78 is 16.8. The van der Waals surface area contributed by atoms with Crippen molar-refractivity contribution in [2.45, 2.75) is 19.4 Å². The Bertz CT molecular complexity index is 449. The second-order valence-electron chi connectivity index (χ2n) is 4.30. The minimum atomic E-state index is -1.19. The number of anilines is 1. The van der Waals surface area contributed by atoms with Crippen LogP contribution in [0.25, 0.3) is 0 Å². The average Bonchev–Trinajstić information content (AvgIpc) is 2.37. The maximum absolute atomic E-state index is 11.7. The first-order valence-corrected chi connectivity index (χ1v) is 7.55. The van der Waals surface area contributed by atoms with E-state index in [1.54, 1.807) is 18.2 Å². The van der Waals surface area contributed by atoms with E-state index in [4.69, 9.17) is 10.5 Å². The molecule has 0 radical (unpaired) electrons. The first kappa shape index (κ1) is 15.7. The van der Waals surface area contributed by atoms with Gasteiger partial charge in [0.25, 0.3) is 0 Å². The summed E-state index contributed by atoms with van der Waals surface area (Å²) in [5.41, 5.74) is 6.16. The molecule has 6 heteroatoms. The average molecular weight is 284 g/mol. The number of para-hydroxylation sites is 2. The van der Waals surface area contributed by atoms with Crippen LogP contribution in [0.4, 0.5) is 5.69 Å². The van der Waals surface area contributed by atoms with Gasteiger partial charge in [-0.15, -0.1) is 0 Å². The number of amides is 1. The van der Waals surface area contributed by atoms with Crippen LogP contribution in [0.1, 0.15) is 13.3 Å². The lowest BCUT2D eigenvalue weighted by molar-refractivity contribution is -0.113. The fraction of sp³-hybridized carbons (Fsp3) is 0.462. The summed E-state index contributed by atoms with van der Waals surface area (Å²) in [6.45, 7) is 1.85. The summed E-state index contributed by atoms with van der Waals surface area (Å²) in [7, 11) is 0.348. The number of hydrogen-bond donors (Lipinski definition) is 2. The van der Waals surface area contributed by atoms with Gasteiger partial charge >= 0.3 is 0 Å². The molecule has 2 atom stereocenters. The summed E-state index contributed by atoms with van der Waals surface area (Å²) >= 11 is 0. The Morgan fingerprint density at radius 3 is 2.79 bits per heavy atom. The third-order valence-electron chi connectivity index (χ3n) is 2.47. The zero-order chi connectivity index (χ0) is 14.3. The van der Waals surface area contributed by atoms with Gasteiger partial charge in [0, 0.05) is 22.6 Å². The molecule has 5 nitrogen and oxygen atoms in total. The van der Waals surface area contributed by atoms with Crippen LogP contribution in [0.2, 0.25) is 0 Å². The highest BCUT2D eigenvalue weighted by atomic mass is 32.2. The summed E-state index contributed by atoms with van der Waals surface area (Å²) in [6, 6.07) is 7.10. The second-order valence-corrected chi connectivity index (χ2v) is 5.88. The molecule has 106 valence electrons. The second kappa shape index (κ2) is 7.91. The standard InChI is InChI=1S/C13H20N2O3S/c1-10(14)7-8-19(17)9-13(16)15-11-5-3-4-6-12(11)18-2/h3-6,10H,7-9,14H2,1-2H3,(H,15,16). The molecule has 0 aliphatic rings. The molecule has 1 aromatic carbocycles. The van der Waals surface area contributed by atoms with Crippen LogP contribution in [0.3, 0.4) is 0 Å². The lowest BCUT2D eigenvalue weighted by atomic mass is 10.3. The van der Waals surface area contributed by atoms with Crippen LogP contribution in [0, 0.1) is 0 Å². The highest BCUT2D eigenvalue weighted by molar-refractivity contribution is 7.85. The van der Waals surface area contributed by atoms with E-state index in [0.29, 0.717) is 23.6 Å². The number of nitrogens with one attached hydrogen (secondary N) is 1. The van der Waals surface area contributed by atoms with Crippen LogP contribution >= 0.6 is 0 Å². The van der Waals surface area contributed by atoms with E-state index in [0.717, 1.165) is 0 Å². The summed E-state index contributed by atoms with van der Waals surface area (Å²) in [5.74, 6) is 0.714. The first-order chi connectivity index (χ1) is 9.02. The van der Waals surface area contributed by atoms with Crippen LogP contribution in [0.5, 0.6) is 5.75 Å². The quantitative estimate of drug-likeness (QED) is 0.786. The SMILES string of the molecule is COc1ccccc1NC(=O)CS(=O)CCC(C)N. The van der Waals surface area contributed by atoms with Gasteiger partial charge in [-0.2, -0.15) is 0 Å². The Labute approximate surface area is 116 Å². The highest BCUT2D eigenvalue weighted by Gasteiger charge is 2.11. The number of carbonyl (C=O) groups is 1. The molecular formula is C13H20N2O3S. The molecule has 0 fully saturated rings. The van der Waals surface area contributed by atoms with Gasteiger partial charge < -0.3 is 15.8 Å². The fourth-order valence-electron chi connectivity index (χ4n) is 1.47. The minimum Gasteiger partial charge on any atom is -0.495 e. The fourth-order valence-corrected chi connectivity index (χ4v) is 2.61. The Balaban J connectivity index is 2.49. The smallest absolute Gasteiger partial charge is 0.237 e. The first-order valence-electron chi connectivity index (χ1n) is 6.06. The molecule has 0 saturated carbocycles. The minimum absolute atomic E-state index is 0.00114. The molecule has 0 saturated heterocycles. The Morgan fingerprint density at radius 2 is 2.16 bits per heavy atom. The Morgan fingerprint density at radius 1 is 1.47 bits per heavy atom. The van der Waals surface area contributed by atoms with Crippen molar-refractivity contribution in [1.82, 2.24) is 0 Å². The lowest BCUT2D eigenvalue weighted by Crippen LogP contribution is -2.24. The zero-order valence-electron chi connectivity index (χ0n) is 11.2. The van der Waals surface area contributed by atoms with E-state index in [-0.39, 0.29) is 17.7 Å². The summed E-state index contributed by atoms with van der Waals surface area (Å²) in [5, 5.41) is 2.69. The van der Waals surface area contributed by atoms with E-state index >= 15 is 0 Å². The van der Waals surface area contributed by atoms with Crippen molar-refractivity contribution >= 4 is 22.4 Å². The van der Waals surface area contributed by atoms with E-state index in [1.165, 1.54) is 7.11 Å². The maximum Gasteiger partial charge on any atom is 0.237 e. The van der Waals surface area contributed by atoms with E-state index in [9.17, 15) is 9.00 Å². The predicted molar refractivity (Wildman–Crippen MR) is 77.8 cm³/mol. The summed E-state index contributed by atoms with van der Waals surface area (Å²) in [4.78, 5) is 11.7. The van der Waals surface area contributed by atoms with Gasteiger partial charge in [-0.1, -0.05) is 12.1 Å². The molecular weight excluding hydrogens is 264 g/mol. The lowest BCUT2D eigenvalue weighted by Gasteiger charge is -2.10. The van der Waals surface area contributed by atoms with Crippen molar-refractivity contribution in [3.8, 4) is 5.75 Å². The van der Waals surface area contributed by atoms with Gasteiger partial charge in [0.15, 0.2) is 0 Å². The monoisotopic (exact) mass is 284 g/mol. The Kier molecular flexibility index (Phi) is 6.52. The van der Waals surface area contributed by atoms with Crippen molar-refractivity contribution in [3.05, 3.63) is 24.3 Å². The van der Waals surface area contributed by atoms with Crippen LogP contribution < -0.4 is 15.8 Å². The molecule has 1 rings (SSSR count). The van der Waals surface area contributed by atoms with Gasteiger partial charge in [-0.3, -0.25) is 9.00 Å². The van der Waals surface area contributed by atoms with Crippen molar-refractivity contribution in [2.75, 3.05) is 23.9 Å². The molecule has 1 amide bonds. The zero-order valence-corrected chi connectivity index (χ0v) is 12.0. The Hall–Kier alpha value is -1.40. The van der Waals surface area contributed by atoms with Crippen molar-refractivity contribution in [3.63, 3.8) is 0 Å². The van der Waals surface area contributed by atoms with Gasteiger partial charge in [0.1, 0.15) is 11.5 Å². The maximum atomic E-state index is 11.7. The van der Waals surface area contributed by atoms with Gasteiger partial charge in [-0.05, 0) is 25.5 Å².